The Kier molecular flexibility index (Phi) is 2.80. The molecule has 4 aromatic rings. The van der Waals surface area contributed by atoms with Gasteiger partial charge in [-0.3, -0.25) is 5.41 Å². The summed E-state index contributed by atoms with van der Waals surface area (Å²) in [5, 5.41) is 17.3. The van der Waals surface area contributed by atoms with E-state index < -0.39 is 0 Å². The lowest BCUT2D eigenvalue weighted by molar-refractivity contribution is 0.480. The number of fused-ring (bicyclic) bond motifs is 2. The van der Waals surface area contributed by atoms with Crippen LogP contribution in [0.1, 0.15) is 17.2 Å². The highest BCUT2D eigenvalue weighted by Crippen LogP contribution is 2.23. The zero-order chi connectivity index (χ0) is 16.0. The second-order valence-electron chi connectivity index (χ2n) is 5.36. The van der Waals surface area contributed by atoms with Crippen LogP contribution in [0.4, 0.5) is 0 Å². The van der Waals surface area contributed by atoms with E-state index in [1.807, 2.05) is 12.1 Å². The van der Waals surface area contributed by atoms with E-state index in [0.29, 0.717) is 23.3 Å². The molecule has 2 aromatic carbocycles. The molecule has 114 valence electrons. The van der Waals surface area contributed by atoms with Crippen LogP contribution in [0.5, 0.6) is 5.75 Å². The standard InChI is InChI=1S/C16H14N6O/c17-16(18)8-4-5-9-11(6-8)21-13(19-9)7-14-20-10-2-1-3-12(23)15(10)22-14/h1-6,23H,7H2,(H3,17,18)(H,19,21)(H,20,22). The number of aromatic hydroxyl groups is 1. The van der Waals surface area contributed by atoms with Crippen LogP contribution in [0.15, 0.2) is 36.4 Å². The van der Waals surface area contributed by atoms with Crippen LogP contribution in [-0.2, 0) is 6.42 Å². The quantitative estimate of drug-likeness (QED) is 0.293. The van der Waals surface area contributed by atoms with Crippen LogP contribution in [0, 0.1) is 5.41 Å². The number of aromatic amines is 2. The Hall–Kier alpha value is -3.35. The highest BCUT2D eigenvalue weighted by atomic mass is 16.3. The van der Waals surface area contributed by atoms with Gasteiger partial charge in [-0.1, -0.05) is 6.07 Å². The molecule has 0 aliphatic carbocycles. The number of rotatable bonds is 3. The van der Waals surface area contributed by atoms with E-state index in [1.54, 1.807) is 24.3 Å². The Bertz CT molecular complexity index is 1050. The lowest BCUT2D eigenvalue weighted by Gasteiger charge is -1.96. The summed E-state index contributed by atoms with van der Waals surface area (Å²) in [4.78, 5) is 15.3. The first-order valence-corrected chi connectivity index (χ1v) is 7.10. The molecule has 7 nitrogen and oxygen atoms in total. The van der Waals surface area contributed by atoms with E-state index in [9.17, 15) is 5.11 Å². The Morgan fingerprint density at radius 3 is 2.65 bits per heavy atom. The molecular weight excluding hydrogens is 292 g/mol. The van der Waals surface area contributed by atoms with E-state index in [2.05, 4.69) is 19.9 Å². The van der Waals surface area contributed by atoms with Gasteiger partial charge in [-0.2, -0.15) is 0 Å². The van der Waals surface area contributed by atoms with Crippen molar-refractivity contribution in [1.29, 1.82) is 5.41 Å². The van der Waals surface area contributed by atoms with Gasteiger partial charge in [-0.05, 0) is 30.3 Å². The van der Waals surface area contributed by atoms with Gasteiger partial charge >= 0.3 is 0 Å². The summed E-state index contributed by atoms with van der Waals surface area (Å²) in [5.74, 6) is 1.64. The van der Waals surface area contributed by atoms with Crippen molar-refractivity contribution in [3.8, 4) is 5.75 Å². The maximum Gasteiger partial charge on any atom is 0.143 e. The number of aromatic nitrogens is 4. The molecule has 0 amide bonds. The highest BCUT2D eigenvalue weighted by Gasteiger charge is 2.10. The summed E-state index contributed by atoms with van der Waals surface area (Å²) >= 11 is 0. The SMILES string of the molecule is N=C(N)c1ccc2nc(Cc3nc4c(O)cccc4[nH]3)[nH]c2c1. The van der Waals surface area contributed by atoms with Gasteiger partial charge in [-0.15, -0.1) is 0 Å². The number of amidine groups is 1. The van der Waals surface area contributed by atoms with Gasteiger partial charge in [0.1, 0.15) is 28.8 Å². The van der Waals surface area contributed by atoms with Crippen molar-refractivity contribution in [3.63, 3.8) is 0 Å². The minimum atomic E-state index is 0.0239. The third-order valence-electron chi connectivity index (χ3n) is 3.72. The molecule has 0 bridgehead atoms. The first-order chi connectivity index (χ1) is 11.1. The fraction of sp³-hybridized carbons (Fsp3) is 0.0625. The number of phenolic OH excluding ortho intramolecular Hbond substituents is 1. The van der Waals surface area contributed by atoms with Gasteiger partial charge in [0.05, 0.1) is 23.0 Å². The predicted molar refractivity (Wildman–Crippen MR) is 87.7 cm³/mol. The summed E-state index contributed by atoms with van der Waals surface area (Å²) < 4.78 is 0. The fourth-order valence-electron chi connectivity index (χ4n) is 2.62. The molecule has 0 aliphatic rings. The molecule has 4 rings (SSSR count). The van der Waals surface area contributed by atoms with Crippen molar-refractivity contribution in [1.82, 2.24) is 19.9 Å². The normalized spacial score (nSPS) is 11.3. The van der Waals surface area contributed by atoms with Gasteiger partial charge in [0.15, 0.2) is 0 Å². The maximum atomic E-state index is 9.81. The number of hydrogen-bond acceptors (Lipinski definition) is 4. The van der Waals surface area contributed by atoms with E-state index in [0.717, 1.165) is 22.4 Å². The largest absolute Gasteiger partial charge is 0.506 e. The molecule has 0 fully saturated rings. The Morgan fingerprint density at radius 2 is 1.87 bits per heavy atom. The molecule has 0 unspecified atom stereocenters. The Morgan fingerprint density at radius 1 is 1.09 bits per heavy atom. The number of nitrogens with one attached hydrogen (secondary N) is 3. The number of nitrogen functional groups attached to an aromatic ring is 1. The lowest BCUT2D eigenvalue weighted by atomic mass is 10.2. The Labute approximate surface area is 130 Å². The minimum Gasteiger partial charge on any atom is -0.506 e. The number of imidazole rings is 2. The Balaban J connectivity index is 1.71. The topological polar surface area (TPSA) is 127 Å². The van der Waals surface area contributed by atoms with Crippen LogP contribution >= 0.6 is 0 Å². The fourth-order valence-corrected chi connectivity index (χ4v) is 2.62. The molecule has 23 heavy (non-hydrogen) atoms. The molecule has 0 saturated heterocycles. The van der Waals surface area contributed by atoms with Crippen LogP contribution in [0.3, 0.4) is 0 Å². The van der Waals surface area contributed by atoms with Crippen molar-refractivity contribution in [2.24, 2.45) is 5.73 Å². The van der Waals surface area contributed by atoms with Gasteiger partial charge in [0.25, 0.3) is 0 Å². The van der Waals surface area contributed by atoms with Crippen molar-refractivity contribution in [2.45, 2.75) is 6.42 Å². The first kappa shape index (κ1) is 13.3. The molecule has 7 heteroatoms. The predicted octanol–water partition coefficient (Wildman–Crippen LogP) is 2.02. The minimum absolute atomic E-state index is 0.0239. The summed E-state index contributed by atoms with van der Waals surface area (Å²) in [6, 6.07) is 10.6. The van der Waals surface area contributed by atoms with E-state index >= 15 is 0 Å². The zero-order valence-electron chi connectivity index (χ0n) is 12.1. The maximum absolute atomic E-state index is 9.81. The summed E-state index contributed by atoms with van der Waals surface area (Å²) in [5.41, 5.74) is 9.13. The van der Waals surface area contributed by atoms with Gasteiger partial charge in [-0.25, -0.2) is 9.97 Å². The average molecular weight is 306 g/mol. The highest BCUT2D eigenvalue weighted by molar-refractivity contribution is 5.97. The van der Waals surface area contributed by atoms with E-state index in [4.69, 9.17) is 11.1 Å². The molecule has 0 aliphatic heterocycles. The first-order valence-electron chi connectivity index (χ1n) is 7.10. The number of phenols is 1. The third kappa shape index (κ3) is 2.28. The second kappa shape index (κ2) is 4.84. The second-order valence-corrected chi connectivity index (χ2v) is 5.36. The number of nitrogens with two attached hydrogens (primary N) is 1. The average Bonchev–Trinajstić information content (AvgIpc) is 3.10. The number of benzene rings is 2. The summed E-state index contributed by atoms with van der Waals surface area (Å²) in [7, 11) is 0. The number of nitrogens with zero attached hydrogens (tertiary/aromatic N) is 2. The zero-order valence-corrected chi connectivity index (χ0v) is 12.1. The van der Waals surface area contributed by atoms with Crippen molar-refractivity contribution in [2.75, 3.05) is 0 Å². The molecule has 2 aromatic heterocycles. The monoisotopic (exact) mass is 306 g/mol. The number of para-hydroxylation sites is 1. The smallest absolute Gasteiger partial charge is 0.143 e. The van der Waals surface area contributed by atoms with Crippen molar-refractivity contribution in [3.05, 3.63) is 53.6 Å². The van der Waals surface area contributed by atoms with Crippen molar-refractivity contribution >= 4 is 27.9 Å². The lowest BCUT2D eigenvalue weighted by Crippen LogP contribution is -2.10. The molecule has 0 atom stereocenters. The third-order valence-corrected chi connectivity index (χ3v) is 3.72. The van der Waals surface area contributed by atoms with Crippen LogP contribution in [-0.4, -0.2) is 30.9 Å². The summed E-state index contributed by atoms with van der Waals surface area (Å²) in [6.45, 7) is 0. The van der Waals surface area contributed by atoms with Crippen LogP contribution in [0.25, 0.3) is 22.1 Å². The van der Waals surface area contributed by atoms with Gasteiger partial charge in [0.2, 0.25) is 0 Å². The molecule has 0 radical (unpaired) electrons. The molecule has 0 saturated carbocycles. The van der Waals surface area contributed by atoms with E-state index in [1.165, 1.54) is 0 Å². The molecule has 0 spiro atoms. The van der Waals surface area contributed by atoms with Crippen LogP contribution < -0.4 is 5.73 Å². The molecule has 6 N–H and O–H groups in total. The van der Waals surface area contributed by atoms with Crippen molar-refractivity contribution < 1.29 is 5.11 Å². The molecule has 2 heterocycles. The van der Waals surface area contributed by atoms with Crippen LogP contribution in [0.2, 0.25) is 0 Å². The molecular formula is C16H14N6O. The van der Waals surface area contributed by atoms with Gasteiger partial charge in [0, 0.05) is 5.56 Å². The summed E-state index contributed by atoms with van der Waals surface area (Å²) in [6.07, 6.45) is 0.484. The van der Waals surface area contributed by atoms with Gasteiger partial charge < -0.3 is 20.8 Å². The number of hydrogen-bond donors (Lipinski definition) is 5. The number of H-pyrrole nitrogens is 2. The van der Waals surface area contributed by atoms with E-state index in [-0.39, 0.29) is 11.6 Å².